The molecule has 0 aromatic carbocycles. The predicted molar refractivity (Wildman–Crippen MR) is 89.9 cm³/mol. The highest BCUT2D eigenvalue weighted by atomic mass is 15.1. The maximum absolute atomic E-state index is 5.78. The molecule has 1 aliphatic heterocycles. The maximum Gasteiger partial charge on any atom is 0.00151 e. The monoisotopic (exact) mass is 282 g/mol. The van der Waals surface area contributed by atoms with E-state index in [0.717, 1.165) is 18.4 Å². The van der Waals surface area contributed by atoms with Gasteiger partial charge in [-0.05, 0) is 68.0 Å². The Balaban J connectivity index is 2.31. The number of hydrogen-bond donors (Lipinski definition) is 1. The zero-order valence-corrected chi connectivity index (χ0v) is 14.8. The van der Waals surface area contributed by atoms with E-state index in [-0.39, 0.29) is 0 Å². The summed E-state index contributed by atoms with van der Waals surface area (Å²) in [6.45, 7) is 19.0. The summed E-state index contributed by atoms with van der Waals surface area (Å²) in [6.07, 6.45) is 5.22. The normalized spacial score (nSPS) is 23.2. The molecule has 2 nitrogen and oxygen atoms in total. The molecule has 1 fully saturated rings. The minimum absolute atomic E-state index is 0.401. The van der Waals surface area contributed by atoms with Gasteiger partial charge in [-0.25, -0.2) is 0 Å². The quantitative estimate of drug-likeness (QED) is 0.793. The van der Waals surface area contributed by atoms with E-state index >= 15 is 0 Å². The molecule has 0 spiro atoms. The molecular formula is C18H38N2. The van der Waals surface area contributed by atoms with Crippen LogP contribution in [-0.4, -0.2) is 31.1 Å². The maximum atomic E-state index is 5.78. The lowest BCUT2D eigenvalue weighted by molar-refractivity contribution is 0.193. The Morgan fingerprint density at radius 3 is 2.20 bits per heavy atom. The average molecular weight is 283 g/mol. The second kappa shape index (κ2) is 7.26. The molecule has 0 saturated carbocycles. The third-order valence-corrected chi connectivity index (χ3v) is 5.26. The number of rotatable bonds is 6. The molecular weight excluding hydrogens is 244 g/mol. The Hall–Kier alpha value is -0.0800. The van der Waals surface area contributed by atoms with Gasteiger partial charge in [0.1, 0.15) is 0 Å². The summed E-state index contributed by atoms with van der Waals surface area (Å²) in [6, 6.07) is 0. The lowest BCUT2D eigenvalue weighted by atomic mass is 9.76. The molecule has 1 heterocycles. The third-order valence-electron chi connectivity index (χ3n) is 5.26. The summed E-state index contributed by atoms with van der Waals surface area (Å²) in [4.78, 5) is 2.68. The van der Waals surface area contributed by atoms with E-state index < -0.39 is 0 Å². The number of nitrogens with zero attached hydrogens (tertiary/aromatic N) is 1. The molecule has 120 valence electrons. The van der Waals surface area contributed by atoms with E-state index in [1.807, 2.05) is 0 Å². The van der Waals surface area contributed by atoms with Gasteiger partial charge >= 0.3 is 0 Å². The fourth-order valence-electron chi connectivity index (χ4n) is 3.52. The zero-order valence-electron chi connectivity index (χ0n) is 14.8. The summed E-state index contributed by atoms with van der Waals surface area (Å²) >= 11 is 0. The van der Waals surface area contributed by atoms with Crippen LogP contribution in [0.1, 0.15) is 67.2 Å². The van der Waals surface area contributed by atoms with Gasteiger partial charge in [-0.15, -0.1) is 0 Å². The molecule has 20 heavy (non-hydrogen) atoms. The summed E-state index contributed by atoms with van der Waals surface area (Å²) in [5, 5.41) is 0. The highest BCUT2D eigenvalue weighted by molar-refractivity contribution is 4.84. The van der Waals surface area contributed by atoms with E-state index in [9.17, 15) is 0 Å². The Morgan fingerprint density at radius 1 is 1.10 bits per heavy atom. The highest BCUT2D eigenvalue weighted by Gasteiger charge is 2.31. The number of hydrogen-bond acceptors (Lipinski definition) is 2. The van der Waals surface area contributed by atoms with Gasteiger partial charge in [-0.3, -0.25) is 0 Å². The van der Waals surface area contributed by atoms with Crippen LogP contribution in [0.15, 0.2) is 0 Å². The molecule has 0 aromatic rings. The first-order valence-corrected chi connectivity index (χ1v) is 8.57. The van der Waals surface area contributed by atoms with Gasteiger partial charge in [0.05, 0.1) is 0 Å². The SMILES string of the molecule is CC(C)(C)C(CCN)CCCN1CCC(C(C)(C)C)C1. The van der Waals surface area contributed by atoms with Crippen molar-refractivity contribution in [1.82, 2.24) is 4.90 Å². The van der Waals surface area contributed by atoms with Crippen LogP contribution in [0.5, 0.6) is 0 Å². The Kier molecular flexibility index (Phi) is 6.53. The molecule has 2 N–H and O–H groups in total. The molecule has 2 heteroatoms. The Bertz CT molecular complexity index is 272. The smallest absolute Gasteiger partial charge is 0.00151 e. The highest BCUT2D eigenvalue weighted by Crippen LogP contribution is 2.35. The van der Waals surface area contributed by atoms with Crippen LogP contribution in [0.25, 0.3) is 0 Å². The molecule has 0 aliphatic carbocycles. The van der Waals surface area contributed by atoms with Crippen LogP contribution in [0, 0.1) is 22.7 Å². The molecule has 0 amide bonds. The largest absolute Gasteiger partial charge is 0.330 e. The van der Waals surface area contributed by atoms with Crippen molar-refractivity contribution in [3.63, 3.8) is 0 Å². The lowest BCUT2D eigenvalue weighted by Crippen LogP contribution is -2.28. The summed E-state index contributed by atoms with van der Waals surface area (Å²) in [5.74, 6) is 1.65. The van der Waals surface area contributed by atoms with Crippen LogP contribution in [0.3, 0.4) is 0 Å². The van der Waals surface area contributed by atoms with Gasteiger partial charge in [0.15, 0.2) is 0 Å². The average Bonchev–Trinajstić information content (AvgIpc) is 2.75. The molecule has 0 aromatic heterocycles. The fraction of sp³-hybridized carbons (Fsp3) is 1.00. The van der Waals surface area contributed by atoms with Gasteiger partial charge in [0.2, 0.25) is 0 Å². The summed E-state index contributed by atoms with van der Waals surface area (Å²) in [5.41, 5.74) is 6.65. The van der Waals surface area contributed by atoms with Crippen molar-refractivity contribution in [2.24, 2.45) is 28.4 Å². The first-order valence-electron chi connectivity index (χ1n) is 8.57. The van der Waals surface area contributed by atoms with Crippen molar-refractivity contribution in [3.8, 4) is 0 Å². The van der Waals surface area contributed by atoms with Crippen LogP contribution in [0.2, 0.25) is 0 Å². The second-order valence-corrected chi connectivity index (χ2v) is 8.93. The lowest BCUT2D eigenvalue weighted by Gasteiger charge is -2.31. The van der Waals surface area contributed by atoms with Gasteiger partial charge in [-0.2, -0.15) is 0 Å². The van der Waals surface area contributed by atoms with Crippen molar-refractivity contribution < 1.29 is 0 Å². The molecule has 0 radical (unpaired) electrons. The number of nitrogens with two attached hydrogens (primary N) is 1. The van der Waals surface area contributed by atoms with Crippen LogP contribution < -0.4 is 5.73 Å². The van der Waals surface area contributed by atoms with Gasteiger partial charge in [-0.1, -0.05) is 41.5 Å². The first-order chi connectivity index (χ1) is 9.14. The van der Waals surface area contributed by atoms with Crippen LogP contribution in [0.4, 0.5) is 0 Å². The van der Waals surface area contributed by atoms with Crippen LogP contribution >= 0.6 is 0 Å². The molecule has 2 unspecified atom stereocenters. The minimum atomic E-state index is 0.401. The van der Waals surface area contributed by atoms with Crippen molar-refractivity contribution in [2.75, 3.05) is 26.2 Å². The third kappa shape index (κ3) is 5.73. The number of likely N-dealkylation sites (tertiary alicyclic amines) is 1. The van der Waals surface area contributed by atoms with Crippen molar-refractivity contribution >= 4 is 0 Å². The molecule has 1 aliphatic rings. The molecule has 2 atom stereocenters. The molecule has 0 bridgehead atoms. The van der Waals surface area contributed by atoms with Gasteiger partial charge in [0.25, 0.3) is 0 Å². The van der Waals surface area contributed by atoms with Crippen LogP contribution in [-0.2, 0) is 0 Å². The van der Waals surface area contributed by atoms with Crippen molar-refractivity contribution in [3.05, 3.63) is 0 Å². The topological polar surface area (TPSA) is 29.3 Å². The first kappa shape index (κ1) is 18.0. The van der Waals surface area contributed by atoms with E-state index in [1.165, 1.54) is 45.3 Å². The van der Waals surface area contributed by atoms with E-state index in [2.05, 4.69) is 46.4 Å². The predicted octanol–water partition coefficient (Wildman–Crippen LogP) is 4.15. The Labute approximate surface area is 127 Å². The zero-order chi connectivity index (χ0) is 15.4. The molecule has 1 saturated heterocycles. The molecule has 1 rings (SSSR count). The summed E-state index contributed by atoms with van der Waals surface area (Å²) < 4.78 is 0. The second-order valence-electron chi connectivity index (χ2n) is 8.93. The van der Waals surface area contributed by atoms with E-state index in [0.29, 0.717) is 10.8 Å². The van der Waals surface area contributed by atoms with Crippen molar-refractivity contribution in [1.29, 1.82) is 0 Å². The minimum Gasteiger partial charge on any atom is -0.330 e. The van der Waals surface area contributed by atoms with E-state index in [1.54, 1.807) is 0 Å². The standard InChI is InChI=1S/C18H38N2/c1-17(2,3)15(9-11-19)8-7-12-20-13-10-16(14-20)18(4,5)6/h15-16H,7-14,19H2,1-6H3. The van der Waals surface area contributed by atoms with Gasteiger partial charge < -0.3 is 10.6 Å². The van der Waals surface area contributed by atoms with E-state index in [4.69, 9.17) is 5.73 Å². The summed E-state index contributed by atoms with van der Waals surface area (Å²) in [7, 11) is 0. The Morgan fingerprint density at radius 2 is 1.75 bits per heavy atom. The van der Waals surface area contributed by atoms with Crippen molar-refractivity contribution in [2.45, 2.75) is 67.2 Å². The van der Waals surface area contributed by atoms with Gasteiger partial charge in [0, 0.05) is 6.54 Å². The fourth-order valence-corrected chi connectivity index (χ4v) is 3.52.